The molecule has 0 saturated heterocycles. The van der Waals surface area contributed by atoms with Crippen molar-refractivity contribution in [2.24, 2.45) is 0 Å². The third-order valence-electron chi connectivity index (χ3n) is 2.98. The van der Waals surface area contributed by atoms with Gasteiger partial charge in [-0.15, -0.1) is 0 Å². The van der Waals surface area contributed by atoms with Gasteiger partial charge in [0, 0.05) is 12.6 Å². The zero-order valence-electron chi connectivity index (χ0n) is 11.5. The number of benzene rings is 1. The molecule has 17 heavy (non-hydrogen) atoms. The normalized spacial score (nSPS) is 13.7. The molecule has 0 spiro atoms. The van der Waals surface area contributed by atoms with Gasteiger partial charge in [-0.3, -0.25) is 0 Å². The molecule has 0 heterocycles. The van der Waals surface area contributed by atoms with Crippen molar-refractivity contribution >= 4 is 0 Å². The van der Waals surface area contributed by atoms with Crippen LogP contribution in [0.25, 0.3) is 0 Å². The molecule has 0 amide bonds. The van der Waals surface area contributed by atoms with Crippen molar-refractivity contribution < 1.29 is 5.11 Å². The largest absolute Gasteiger partial charge is 0.389 e. The Morgan fingerprint density at radius 1 is 1.18 bits per heavy atom. The minimum Gasteiger partial charge on any atom is -0.389 e. The maximum atomic E-state index is 9.73. The summed E-state index contributed by atoms with van der Waals surface area (Å²) in [5, 5.41) is 13.1. The lowest BCUT2D eigenvalue weighted by atomic mass is 10.0. The van der Waals surface area contributed by atoms with Crippen LogP contribution in [0.5, 0.6) is 0 Å². The molecular formula is C15H25NO. The van der Waals surface area contributed by atoms with Crippen LogP contribution in [-0.4, -0.2) is 17.3 Å². The van der Waals surface area contributed by atoms with Crippen molar-refractivity contribution in [2.45, 2.75) is 52.2 Å². The van der Waals surface area contributed by atoms with Gasteiger partial charge in [-0.1, -0.05) is 38.1 Å². The van der Waals surface area contributed by atoms with Crippen molar-refractivity contribution in [3.05, 3.63) is 35.4 Å². The van der Waals surface area contributed by atoms with E-state index in [1.807, 2.05) is 13.8 Å². The Hall–Kier alpha value is -0.860. The zero-order chi connectivity index (χ0) is 12.9. The number of rotatable bonds is 6. The quantitative estimate of drug-likeness (QED) is 0.794. The molecule has 2 heteroatoms. The Kier molecular flexibility index (Phi) is 5.16. The van der Waals surface area contributed by atoms with Gasteiger partial charge in [0.15, 0.2) is 0 Å². The molecule has 0 radical (unpaired) electrons. The van der Waals surface area contributed by atoms with Crippen LogP contribution in [0.1, 0.15) is 51.3 Å². The summed E-state index contributed by atoms with van der Waals surface area (Å²) in [5.41, 5.74) is 2.01. The van der Waals surface area contributed by atoms with Gasteiger partial charge in [0.2, 0.25) is 0 Å². The van der Waals surface area contributed by atoms with Gasteiger partial charge < -0.3 is 10.4 Å². The van der Waals surface area contributed by atoms with Gasteiger partial charge in [0.05, 0.1) is 5.60 Å². The molecule has 0 aromatic heterocycles. The Morgan fingerprint density at radius 3 is 2.18 bits per heavy atom. The summed E-state index contributed by atoms with van der Waals surface area (Å²) in [6.07, 6.45) is 2.11. The zero-order valence-corrected chi connectivity index (χ0v) is 11.5. The van der Waals surface area contributed by atoms with Crippen LogP contribution in [0.2, 0.25) is 0 Å². The molecule has 1 unspecified atom stereocenters. The molecule has 1 aromatic rings. The fraction of sp³-hybridized carbons (Fsp3) is 0.600. The molecule has 0 saturated carbocycles. The molecule has 2 nitrogen and oxygen atoms in total. The van der Waals surface area contributed by atoms with Crippen molar-refractivity contribution in [3.8, 4) is 0 Å². The second-order valence-electron chi connectivity index (χ2n) is 5.25. The van der Waals surface area contributed by atoms with Crippen LogP contribution in [0.15, 0.2) is 24.3 Å². The number of aliphatic hydroxyl groups is 1. The minimum absolute atomic E-state index is 0.326. The molecular weight excluding hydrogens is 210 g/mol. The van der Waals surface area contributed by atoms with Gasteiger partial charge in [-0.25, -0.2) is 0 Å². The van der Waals surface area contributed by atoms with Crippen LogP contribution in [0.3, 0.4) is 0 Å². The fourth-order valence-corrected chi connectivity index (χ4v) is 1.86. The molecule has 1 atom stereocenters. The summed E-state index contributed by atoms with van der Waals surface area (Å²) in [5.74, 6) is 0. The molecule has 0 aliphatic rings. The highest BCUT2D eigenvalue weighted by molar-refractivity contribution is 5.25. The van der Waals surface area contributed by atoms with E-state index in [0.29, 0.717) is 12.6 Å². The van der Waals surface area contributed by atoms with Crippen LogP contribution in [0, 0.1) is 0 Å². The van der Waals surface area contributed by atoms with Crippen LogP contribution in [-0.2, 0) is 6.42 Å². The molecule has 1 rings (SSSR count). The lowest BCUT2D eigenvalue weighted by Crippen LogP contribution is -2.36. The lowest BCUT2D eigenvalue weighted by molar-refractivity contribution is 0.0762. The standard InChI is InChI=1S/C15H25NO/c1-5-12-7-9-13(10-8-12)14(6-2)16-11-15(3,4)17/h7-10,14,16-17H,5-6,11H2,1-4H3. The third kappa shape index (κ3) is 4.88. The summed E-state index contributed by atoms with van der Waals surface area (Å²) < 4.78 is 0. The molecule has 2 N–H and O–H groups in total. The van der Waals surface area contributed by atoms with Gasteiger partial charge in [0.1, 0.15) is 0 Å². The van der Waals surface area contributed by atoms with Crippen molar-refractivity contribution in [1.82, 2.24) is 5.32 Å². The van der Waals surface area contributed by atoms with Crippen molar-refractivity contribution in [3.63, 3.8) is 0 Å². The molecule has 0 bridgehead atoms. The summed E-state index contributed by atoms with van der Waals surface area (Å²) >= 11 is 0. The highest BCUT2D eigenvalue weighted by Crippen LogP contribution is 2.18. The van der Waals surface area contributed by atoms with E-state index in [9.17, 15) is 5.11 Å². The first kappa shape index (κ1) is 14.2. The predicted molar refractivity (Wildman–Crippen MR) is 73.2 cm³/mol. The van der Waals surface area contributed by atoms with Crippen LogP contribution < -0.4 is 5.32 Å². The van der Waals surface area contributed by atoms with E-state index in [2.05, 4.69) is 43.4 Å². The average molecular weight is 235 g/mol. The second-order valence-corrected chi connectivity index (χ2v) is 5.25. The lowest BCUT2D eigenvalue weighted by Gasteiger charge is -2.23. The average Bonchev–Trinajstić information content (AvgIpc) is 2.29. The number of aryl methyl sites for hydroxylation is 1. The highest BCUT2D eigenvalue weighted by Gasteiger charge is 2.15. The number of nitrogens with one attached hydrogen (secondary N) is 1. The summed E-state index contributed by atoms with van der Waals surface area (Å²) in [7, 11) is 0. The summed E-state index contributed by atoms with van der Waals surface area (Å²) in [6.45, 7) is 8.59. The van der Waals surface area contributed by atoms with E-state index in [0.717, 1.165) is 12.8 Å². The Bertz CT molecular complexity index is 324. The van der Waals surface area contributed by atoms with Crippen molar-refractivity contribution in [2.75, 3.05) is 6.54 Å². The van der Waals surface area contributed by atoms with E-state index in [1.165, 1.54) is 11.1 Å². The van der Waals surface area contributed by atoms with Gasteiger partial charge in [0.25, 0.3) is 0 Å². The van der Waals surface area contributed by atoms with E-state index < -0.39 is 5.60 Å². The van der Waals surface area contributed by atoms with Crippen molar-refractivity contribution in [1.29, 1.82) is 0 Å². The van der Waals surface area contributed by atoms with Gasteiger partial charge in [-0.05, 0) is 37.8 Å². The number of hydrogen-bond donors (Lipinski definition) is 2. The van der Waals surface area contributed by atoms with Gasteiger partial charge in [-0.2, -0.15) is 0 Å². The molecule has 0 aliphatic heterocycles. The van der Waals surface area contributed by atoms with Crippen LogP contribution >= 0.6 is 0 Å². The van der Waals surface area contributed by atoms with E-state index in [1.54, 1.807) is 0 Å². The minimum atomic E-state index is -0.656. The summed E-state index contributed by atoms with van der Waals surface area (Å²) in [6, 6.07) is 9.06. The summed E-state index contributed by atoms with van der Waals surface area (Å²) in [4.78, 5) is 0. The third-order valence-corrected chi connectivity index (χ3v) is 2.98. The van der Waals surface area contributed by atoms with E-state index in [-0.39, 0.29) is 0 Å². The van der Waals surface area contributed by atoms with E-state index in [4.69, 9.17) is 0 Å². The van der Waals surface area contributed by atoms with E-state index >= 15 is 0 Å². The SMILES string of the molecule is CCc1ccc(C(CC)NCC(C)(C)O)cc1. The maximum absolute atomic E-state index is 9.73. The smallest absolute Gasteiger partial charge is 0.0715 e. The Labute approximate surface area is 105 Å². The Morgan fingerprint density at radius 2 is 1.76 bits per heavy atom. The molecule has 0 aliphatic carbocycles. The van der Waals surface area contributed by atoms with Gasteiger partial charge >= 0.3 is 0 Å². The predicted octanol–water partition coefficient (Wildman–Crippen LogP) is 3.06. The van der Waals surface area contributed by atoms with Crippen LogP contribution in [0.4, 0.5) is 0 Å². The molecule has 96 valence electrons. The first-order valence-electron chi connectivity index (χ1n) is 6.51. The second kappa shape index (κ2) is 6.18. The molecule has 0 fully saturated rings. The first-order valence-corrected chi connectivity index (χ1v) is 6.51. The fourth-order valence-electron chi connectivity index (χ4n) is 1.86. The maximum Gasteiger partial charge on any atom is 0.0715 e. The Balaban J connectivity index is 2.66. The topological polar surface area (TPSA) is 32.3 Å². The molecule has 1 aromatic carbocycles. The monoisotopic (exact) mass is 235 g/mol. The first-order chi connectivity index (χ1) is 7.96. The highest BCUT2D eigenvalue weighted by atomic mass is 16.3. The number of hydrogen-bond acceptors (Lipinski definition) is 2.